The summed E-state index contributed by atoms with van der Waals surface area (Å²) in [4.78, 5) is 19.3. The Morgan fingerprint density at radius 3 is 2.89 bits per heavy atom. The maximum atomic E-state index is 12.5. The Morgan fingerprint density at radius 1 is 1.43 bits per heavy atom. The number of nitrogens with zero attached hydrogens (tertiary/aromatic N) is 3. The zero-order valence-electron chi connectivity index (χ0n) is 16.2. The van der Waals surface area contributed by atoms with Crippen LogP contribution in [0.4, 0.5) is 4.79 Å². The van der Waals surface area contributed by atoms with Gasteiger partial charge in [0, 0.05) is 36.1 Å². The van der Waals surface area contributed by atoms with Gasteiger partial charge in [-0.2, -0.15) is 5.26 Å². The number of H-pyrrole nitrogens is 1. The van der Waals surface area contributed by atoms with Gasteiger partial charge in [-0.25, -0.2) is 4.79 Å². The third-order valence-corrected chi connectivity index (χ3v) is 5.88. The summed E-state index contributed by atoms with van der Waals surface area (Å²) in [5.41, 5.74) is 5.03. The fourth-order valence-electron chi connectivity index (χ4n) is 4.50. The van der Waals surface area contributed by atoms with Crippen molar-refractivity contribution in [3.63, 3.8) is 0 Å². The van der Waals surface area contributed by atoms with Crippen LogP contribution in [0.5, 0.6) is 0 Å². The number of aromatic amines is 1. The summed E-state index contributed by atoms with van der Waals surface area (Å²) in [6.07, 6.45) is 5.08. The van der Waals surface area contributed by atoms with E-state index in [0.717, 1.165) is 33.3 Å². The first kappa shape index (κ1) is 18.4. The molecule has 2 atom stereocenters. The van der Waals surface area contributed by atoms with Gasteiger partial charge in [-0.15, -0.1) is 0 Å². The zero-order valence-corrected chi connectivity index (χ0v) is 16.2. The number of hydrogen-bond acceptors (Lipinski definition) is 4. The number of fused-ring (bicyclic) bond motifs is 2. The number of rotatable bonds is 4. The number of carbonyl (C=O) groups is 1. The second kappa shape index (κ2) is 7.21. The van der Waals surface area contributed by atoms with E-state index in [4.69, 9.17) is 0 Å². The average molecular weight is 379 g/mol. The molecule has 1 aromatic carbocycles. The molecule has 7 heteroatoms. The number of carbonyl (C=O) groups excluding carboxylic acids is 1. The Hall–Kier alpha value is -2.98. The number of nitriles is 1. The molecule has 146 valence electrons. The van der Waals surface area contributed by atoms with Crippen LogP contribution in [0.15, 0.2) is 24.3 Å². The summed E-state index contributed by atoms with van der Waals surface area (Å²) in [7, 11) is 0. The molecule has 2 amide bonds. The molecule has 0 bridgehead atoms. The molecule has 1 aromatic heterocycles. The summed E-state index contributed by atoms with van der Waals surface area (Å²) in [6.45, 7) is 5.59. The molecule has 2 aliphatic rings. The molecule has 2 heterocycles. The van der Waals surface area contributed by atoms with Crippen molar-refractivity contribution >= 4 is 22.5 Å². The van der Waals surface area contributed by atoms with Crippen molar-refractivity contribution in [1.82, 2.24) is 20.1 Å². The van der Waals surface area contributed by atoms with Gasteiger partial charge in [0.15, 0.2) is 6.19 Å². The van der Waals surface area contributed by atoms with Crippen LogP contribution in [-0.2, 0) is 13.0 Å². The van der Waals surface area contributed by atoms with Crippen molar-refractivity contribution in [2.45, 2.75) is 39.0 Å². The highest BCUT2D eigenvalue weighted by Crippen LogP contribution is 2.41. The number of benzene rings is 1. The molecule has 0 spiro atoms. The molecule has 1 aliphatic carbocycles. The minimum atomic E-state index is -0.230. The van der Waals surface area contributed by atoms with E-state index in [-0.39, 0.29) is 24.7 Å². The largest absolute Gasteiger partial charge is 0.390 e. The maximum absolute atomic E-state index is 12.5. The fraction of sp³-hybridized carbons (Fsp3) is 0.429. The highest BCUT2D eigenvalue weighted by Gasteiger charge is 2.36. The lowest BCUT2D eigenvalue weighted by Crippen LogP contribution is -2.52. The molecular formula is C21H25N5O2. The van der Waals surface area contributed by atoms with Crippen LogP contribution in [0.3, 0.4) is 0 Å². The minimum Gasteiger partial charge on any atom is -0.390 e. The first-order valence-corrected chi connectivity index (χ1v) is 9.78. The Bertz CT molecular complexity index is 983. The Balaban J connectivity index is 1.76. The minimum absolute atomic E-state index is 0.0513. The third kappa shape index (κ3) is 2.81. The van der Waals surface area contributed by atoms with E-state index in [2.05, 4.69) is 28.6 Å². The molecule has 2 aromatic rings. The molecule has 0 saturated carbocycles. The molecule has 0 radical (unpaired) electrons. The Labute approximate surface area is 164 Å². The molecule has 0 saturated heterocycles. The molecule has 1 aliphatic heterocycles. The van der Waals surface area contributed by atoms with Gasteiger partial charge in [0.1, 0.15) is 0 Å². The summed E-state index contributed by atoms with van der Waals surface area (Å²) < 4.78 is 0. The van der Waals surface area contributed by atoms with Crippen LogP contribution in [0.25, 0.3) is 16.5 Å². The normalized spacial score (nSPS) is 20.4. The highest BCUT2D eigenvalue weighted by molar-refractivity contribution is 5.99. The summed E-state index contributed by atoms with van der Waals surface area (Å²) in [6, 6.07) is 5.63. The lowest BCUT2D eigenvalue weighted by atomic mass is 9.80. The standard InChI is InChI=1S/C21H25N5O2/c1-3-25(4-2)21(28)23-13-8-15-14-6-5-7-17-20(14)16(18(11-27)24-17)9-19(15)26(10-13)12-22/h5-8,13,19,24,27H,3-4,9-11H2,1-2H3,(H,23,28)/t13-,19+/m0/s1. The van der Waals surface area contributed by atoms with E-state index in [1.165, 1.54) is 0 Å². The fourth-order valence-corrected chi connectivity index (χ4v) is 4.50. The van der Waals surface area contributed by atoms with Crippen LogP contribution in [0, 0.1) is 11.5 Å². The van der Waals surface area contributed by atoms with Crippen LogP contribution in [0.1, 0.15) is 30.7 Å². The van der Waals surface area contributed by atoms with Crippen molar-refractivity contribution in [2.75, 3.05) is 19.6 Å². The Morgan fingerprint density at radius 2 is 2.21 bits per heavy atom. The number of aliphatic hydroxyl groups excluding tert-OH is 1. The molecule has 7 nitrogen and oxygen atoms in total. The van der Waals surface area contributed by atoms with Crippen LogP contribution >= 0.6 is 0 Å². The van der Waals surface area contributed by atoms with E-state index < -0.39 is 0 Å². The lowest BCUT2D eigenvalue weighted by molar-refractivity contribution is 0.196. The van der Waals surface area contributed by atoms with Gasteiger partial charge in [-0.3, -0.25) is 0 Å². The number of urea groups is 1. The number of aromatic nitrogens is 1. The van der Waals surface area contributed by atoms with Crippen molar-refractivity contribution in [2.24, 2.45) is 0 Å². The van der Waals surface area contributed by atoms with Gasteiger partial charge in [0.2, 0.25) is 0 Å². The predicted molar refractivity (Wildman–Crippen MR) is 107 cm³/mol. The molecule has 28 heavy (non-hydrogen) atoms. The van der Waals surface area contributed by atoms with E-state index in [1.807, 2.05) is 26.0 Å². The van der Waals surface area contributed by atoms with Gasteiger partial charge >= 0.3 is 6.03 Å². The Kier molecular flexibility index (Phi) is 4.73. The summed E-state index contributed by atoms with van der Waals surface area (Å²) >= 11 is 0. The molecule has 0 fully saturated rings. The van der Waals surface area contributed by atoms with Crippen LogP contribution < -0.4 is 5.32 Å². The topological polar surface area (TPSA) is 95.4 Å². The van der Waals surface area contributed by atoms with Gasteiger partial charge in [-0.05, 0) is 36.6 Å². The van der Waals surface area contributed by atoms with Gasteiger partial charge in [-0.1, -0.05) is 18.2 Å². The number of amides is 2. The molecular weight excluding hydrogens is 354 g/mol. The van der Waals surface area contributed by atoms with E-state index >= 15 is 0 Å². The number of hydrogen-bond donors (Lipinski definition) is 3. The average Bonchev–Trinajstić information content (AvgIpc) is 3.08. The summed E-state index contributed by atoms with van der Waals surface area (Å²) in [5, 5.41) is 23.7. The molecule has 3 N–H and O–H groups in total. The summed E-state index contributed by atoms with van der Waals surface area (Å²) in [5.74, 6) is 0. The second-order valence-corrected chi connectivity index (χ2v) is 7.29. The quantitative estimate of drug-likeness (QED) is 0.710. The highest BCUT2D eigenvalue weighted by atomic mass is 16.3. The van der Waals surface area contributed by atoms with Gasteiger partial charge in [0.25, 0.3) is 0 Å². The second-order valence-electron chi connectivity index (χ2n) is 7.29. The van der Waals surface area contributed by atoms with Gasteiger partial charge < -0.3 is 25.2 Å². The maximum Gasteiger partial charge on any atom is 0.317 e. The number of aliphatic hydroxyl groups is 1. The van der Waals surface area contributed by atoms with Crippen molar-refractivity contribution < 1.29 is 9.90 Å². The number of nitrogens with one attached hydrogen (secondary N) is 2. The molecule has 0 unspecified atom stereocenters. The smallest absolute Gasteiger partial charge is 0.317 e. The van der Waals surface area contributed by atoms with Crippen molar-refractivity contribution in [3.05, 3.63) is 41.1 Å². The SMILES string of the molecule is CCN(CC)C(=O)N[C@H]1C=C2c3cccc4[nH]c(CO)c(c34)C[C@H]2N(C#N)C1. The lowest BCUT2D eigenvalue weighted by Gasteiger charge is -2.39. The van der Waals surface area contributed by atoms with Crippen LogP contribution in [-0.4, -0.2) is 57.6 Å². The van der Waals surface area contributed by atoms with Gasteiger partial charge in [0.05, 0.1) is 25.2 Å². The van der Waals surface area contributed by atoms with Crippen LogP contribution in [0.2, 0.25) is 0 Å². The molecule has 4 rings (SSSR count). The van der Waals surface area contributed by atoms with E-state index in [9.17, 15) is 15.2 Å². The first-order valence-electron chi connectivity index (χ1n) is 9.78. The monoisotopic (exact) mass is 379 g/mol. The van der Waals surface area contributed by atoms with E-state index in [1.54, 1.807) is 9.80 Å². The predicted octanol–water partition coefficient (Wildman–Crippen LogP) is 2.18. The van der Waals surface area contributed by atoms with Crippen molar-refractivity contribution in [3.8, 4) is 6.19 Å². The first-order chi connectivity index (χ1) is 13.6. The van der Waals surface area contributed by atoms with E-state index in [0.29, 0.717) is 26.1 Å². The van der Waals surface area contributed by atoms with Crippen molar-refractivity contribution in [1.29, 1.82) is 5.26 Å². The third-order valence-electron chi connectivity index (χ3n) is 5.88. The zero-order chi connectivity index (χ0) is 19.8.